The fourth-order valence-corrected chi connectivity index (χ4v) is 0.680. The normalized spacial score (nSPS) is 16.0. The molecule has 2 aliphatic carbocycles. The van der Waals surface area contributed by atoms with Crippen LogP contribution in [0.25, 0.3) is 0 Å². The second-order valence-corrected chi connectivity index (χ2v) is 2.02. The van der Waals surface area contributed by atoms with Gasteiger partial charge in [0, 0.05) is 0 Å². The number of hydrogen-bond acceptors (Lipinski definition) is 0. The third-order valence-electron chi connectivity index (χ3n) is 1.17. The summed E-state index contributed by atoms with van der Waals surface area (Å²) >= 11 is 0. The maximum atomic E-state index is 2.92. The van der Waals surface area contributed by atoms with Crippen LogP contribution in [0, 0.1) is 12.2 Å². The van der Waals surface area contributed by atoms with Gasteiger partial charge in [0.15, 0.2) is 0 Å². The number of allylic oxidation sites excluding steroid dienone is 8. The van der Waals surface area contributed by atoms with Crippen LogP contribution in [-0.4, -0.2) is 0 Å². The van der Waals surface area contributed by atoms with Gasteiger partial charge in [0.05, 0.1) is 0 Å². The summed E-state index contributed by atoms with van der Waals surface area (Å²) in [7, 11) is 0. The predicted molar refractivity (Wildman–Crippen MR) is 43.1 cm³/mol. The summed E-state index contributed by atoms with van der Waals surface area (Å²) in [6, 6.07) is 0. The Balaban J connectivity index is 0.000000167. The molecular formula is C10H10Bk-2. The van der Waals surface area contributed by atoms with E-state index in [-0.39, 0.29) is 0 Å². The molecule has 1 radical (unpaired) electrons. The summed E-state index contributed by atoms with van der Waals surface area (Å²) in [5.41, 5.74) is 0. The molecular weight excluding hydrogens is 367 g/mol. The van der Waals surface area contributed by atoms with E-state index in [0.717, 1.165) is 12.8 Å². The van der Waals surface area contributed by atoms with Gasteiger partial charge in [-0.3, -0.25) is 12.2 Å². The van der Waals surface area contributed by atoms with Gasteiger partial charge in [0.1, 0.15) is 0 Å². The summed E-state index contributed by atoms with van der Waals surface area (Å²) < 4.78 is 0. The second kappa shape index (κ2) is 6.09. The van der Waals surface area contributed by atoms with Crippen molar-refractivity contribution in [3.8, 4) is 0 Å². The smallest absolute Gasteiger partial charge is 0 e. The minimum atomic E-state index is 0. The first-order chi connectivity index (χ1) is 5.00. The van der Waals surface area contributed by atoms with Crippen LogP contribution in [0.5, 0.6) is 0 Å². The molecule has 1 heteroatoms. The van der Waals surface area contributed by atoms with E-state index in [4.69, 9.17) is 0 Å². The molecule has 0 aromatic heterocycles. The molecule has 0 amide bonds. The molecule has 0 unspecified atom stereocenters. The molecule has 0 spiro atoms. The van der Waals surface area contributed by atoms with E-state index in [1.807, 2.05) is 24.3 Å². The molecule has 0 saturated heterocycles. The largest absolute Gasteiger partial charge is 0.256 e. The zero-order chi connectivity index (χ0) is 7.07. The zero-order valence-corrected chi connectivity index (χ0v) is 8.99. The third kappa shape index (κ3) is 4.46. The first kappa shape index (κ1) is 8.96. The van der Waals surface area contributed by atoms with E-state index in [0.29, 0.717) is 0 Å². The monoisotopic (exact) mass is 377 g/mol. The topological polar surface area (TPSA) is 0 Å². The SMILES string of the molecule is [Bk].[C-]1=CCC=C1.[C-]1=CCC=C1. The van der Waals surface area contributed by atoms with E-state index in [9.17, 15) is 0 Å². The Kier molecular flexibility index (Phi) is 4.96. The van der Waals surface area contributed by atoms with E-state index in [2.05, 4.69) is 24.3 Å². The second-order valence-electron chi connectivity index (χ2n) is 2.02. The van der Waals surface area contributed by atoms with Gasteiger partial charge in [-0.15, -0.1) is 12.8 Å². The van der Waals surface area contributed by atoms with Crippen molar-refractivity contribution in [2.24, 2.45) is 0 Å². The summed E-state index contributed by atoms with van der Waals surface area (Å²) in [5.74, 6) is 0. The predicted octanol–water partition coefficient (Wildman–Crippen LogP) is 2.61. The van der Waals surface area contributed by atoms with Crippen LogP contribution in [0.1, 0.15) is 12.8 Å². The fraction of sp³-hybridized carbons (Fsp3) is 0.200. The Bertz CT molecular complexity index is 143. The quantitative estimate of drug-likeness (QED) is 0.570. The van der Waals surface area contributed by atoms with Crippen LogP contribution in [0.4, 0.5) is 0 Å². The molecule has 0 aromatic rings. The van der Waals surface area contributed by atoms with Gasteiger partial charge in [-0.1, -0.05) is 0 Å². The molecule has 61 valence electrons. The van der Waals surface area contributed by atoms with E-state index >= 15 is 0 Å². The Labute approximate surface area is 62.3 Å². The molecule has 0 aliphatic heterocycles. The van der Waals surface area contributed by atoms with Crippen molar-refractivity contribution in [2.45, 2.75) is 12.8 Å². The maximum Gasteiger partial charge on any atom is 0 e. The van der Waals surface area contributed by atoms with Crippen molar-refractivity contribution in [3.63, 3.8) is 0 Å². The molecule has 2 aliphatic rings. The van der Waals surface area contributed by atoms with E-state index in [1.54, 1.807) is 0 Å². The third-order valence-corrected chi connectivity index (χ3v) is 1.17. The Morgan fingerprint density at radius 3 is 1.36 bits per heavy atom. The average Bonchev–Trinajstić information content (AvgIpc) is 2.67. The zero-order valence-electron chi connectivity index (χ0n) is 6.21. The summed E-state index contributed by atoms with van der Waals surface area (Å²) in [4.78, 5) is 0. The van der Waals surface area contributed by atoms with Gasteiger partial charge < -0.3 is 0 Å². The summed E-state index contributed by atoms with van der Waals surface area (Å²) in [5, 5.41) is 0. The molecule has 0 saturated carbocycles. The van der Waals surface area contributed by atoms with Crippen molar-refractivity contribution >= 4 is 0 Å². The Morgan fingerprint density at radius 2 is 1.27 bits per heavy atom. The Morgan fingerprint density at radius 1 is 0.818 bits per heavy atom. The first-order valence-corrected chi connectivity index (χ1v) is 3.45. The molecule has 0 aromatic carbocycles. The molecule has 11 heavy (non-hydrogen) atoms. The van der Waals surface area contributed by atoms with Crippen LogP contribution in [0.2, 0.25) is 0 Å². The van der Waals surface area contributed by atoms with Gasteiger partial charge in [-0.25, -0.2) is 24.3 Å². The maximum absolute atomic E-state index is 2.92. The van der Waals surface area contributed by atoms with Crippen LogP contribution in [0.3, 0.4) is 0 Å². The molecule has 0 fully saturated rings. The van der Waals surface area contributed by atoms with Crippen LogP contribution in [0.15, 0.2) is 36.5 Å². The van der Waals surface area contributed by atoms with Gasteiger partial charge in [0.25, 0.3) is 0 Å². The van der Waals surface area contributed by atoms with Crippen LogP contribution in [-0.2, 0) is 0 Å². The Hall–Kier alpha value is -2.04. The number of hydrogen-bond donors (Lipinski definition) is 0. The van der Waals surface area contributed by atoms with Crippen LogP contribution < -0.4 is 0 Å². The molecule has 0 nitrogen and oxygen atoms in total. The number of rotatable bonds is 0. The molecule has 0 heterocycles. The summed E-state index contributed by atoms with van der Waals surface area (Å²) in [6.07, 6.45) is 20.0. The summed E-state index contributed by atoms with van der Waals surface area (Å²) in [6.45, 7) is 0. The minimum absolute atomic E-state index is 0. The standard InChI is InChI=1S/2C5H5.Bk/c2*1-2-4-5-3-1;/h2*1-2,5H,3H2;/q2*-1;. The fourth-order valence-electron chi connectivity index (χ4n) is 0.680. The van der Waals surface area contributed by atoms with Crippen molar-refractivity contribution < 1.29 is 0 Å². The molecule has 2 rings (SSSR count). The molecule has 0 bridgehead atoms. The van der Waals surface area contributed by atoms with Gasteiger partial charge in [0.2, 0.25) is 0 Å². The minimum Gasteiger partial charge on any atom is -0.256 e. The van der Waals surface area contributed by atoms with Gasteiger partial charge in [-0.2, -0.15) is 12.2 Å². The first-order valence-electron chi connectivity index (χ1n) is 3.45. The van der Waals surface area contributed by atoms with Crippen molar-refractivity contribution in [1.29, 1.82) is 0 Å². The van der Waals surface area contributed by atoms with E-state index in [1.165, 1.54) is 0 Å². The average molecular weight is 377 g/mol. The van der Waals surface area contributed by atoms with Crippen LogP contribution >= 0.6 is 0 Å². The van der Waals surface area contributed by atoms with Crippen molar-refractivity contribution in [3.05, 3.63) is 48.6 Å². The van der Waals surface area contributed by atoms with Crippen molar-refractivity contribution in [1.82, 2.24) is 0 Å². The molecule has 0 atom stereocenters. The van der Waals surface area contributed by atoms with Gasteiger partial charge >= 0.3 is 0 Å². The van der Waals surface area contributed by atoms with Gasteiger partial charge in [-0.05, 0) is 0 Å². The van der Waals surface area contributed by atoms with Crippen molar-refractivity contribution in [2.75, 3.05) is 0 Å². The molecule has 0 N–H and O–H groups in total. The van der Waals surface area contributed by atoms with E-state index < -0.39 is 0 Å².